The van der Waals surface area contributed by atoms with Crippen LogP contribution in [0.15, 0.2) is 0 Å². The van der Waals surface area contributed by atoms with Crippen molar-refractivity contribution in [2.24, 2.45) is 5.73 Å². The van der Waals surface area contributed by atoms with Gasteiger partial charge in [-0.2, -0.15) is 13.2 Å². The highest BCUT2D eigenvalue weighted by Crippen LogP contribution is 2.24. The summed E-state index contributed by atoms with van der Waals surface area (Å²) in [4.78, 5) is 12.6. The van der Waals surface area contributed by atoms with E-state index in [9.17, 15) is 18.0 Å². The summed E-state index contributed by atoms with van der Waals surface area (Å²) in [5, 5.41) is 3.03. The third kappa shape index (κ3) is 4.81. The number of likely N-dealkylation sites (N-methyl/N-ethyl adjacent to an activating group) is 1. The Bertz CT molecular complexity index is 304. The molecule has 1 unspecified atom stereocenters. The second kappa shape index (κ2) is 5.44. The Hall–Kier alpha value is -0.820. The van der Waals surface area contributed by atoms with Gasteiger partial charge in [-0.3, -0.25) is 15.0 Å². The van der Waals surface area contributed by atoms with Gasteiger partial charge in [0.05, 0.1) is 6.54 Å². The number of rotatable bonds is 7. The number of nitrogens with two attached hydrogens (primary N) is 1. The predicted molar refractivity (Wildman–Crippen MR) is 61.9 cm³/mol. The van der Waals surface area contributed by atoms with E-state index in [2.05, 4.69) is 5.32 Å². The van der Waals surface area contributed by atoms with Crippen molar-refractivity contribution in [1.29, 1.82) is 0 Å². The first-order chi connectivity index (χ1) is 8.16. The van der Waals surface area contributed by atoms with Crippen LogP contribution in [0, 0.1) is 0 Å². The molecule has 0 saturated heterocycles. The average Bonchev–Trinajstić information content (AvgIpc) is 2.98. The van der Waals surface area contributed by atoms with Gasteiger partial charge >= 0.3 is 6.18 Å². The van der Waals surface area contributed by atoms with Crippen LogP contribution in [0.1, 0.15) is 26.7 Å². The molecule has 7 heteroatoms. The second-order valence-corrected chi connectivity index (χ2v) is 5.03. The van der Waals surface area contributed by atoms with E-state index >= 15 is 0 Å². The zero-order valence-corrected chi connectivity index (χ0v) is 10.7. The van der Waals surface area contributed by atoms with Gasteiger partial charge in [0, 0.05) is 12.6 Å². The van der Waals surface area contributed by atoms with E-state index in [1.165, 1.54) is 4.90 Å². The molecule has 4 nitrogen and oxygen atoms in total. The predicted octanol–water partition coefficient (Wildman–Crippen LogP) is 0.867. The first-order valence-corrected chi connectivity index (χ1v) is 6.03. The lowest BCUT2D eigenvalue weighted by Crippen LogP contribution is -2.61. The molecule has 1 rings (SSSR count). The van der Waals surface area contributed by atoms with Crippen LogP contribution < -0.4 is 11.1 Å². The zero-order valence-electron chi connectivity index (χ0n) is 10.7. The fourth-order valence-corrected chi connectivity index (χ4v) is 1.85. The number of carbonyl (C=O) groups is 1. The van der Waals surface area contributed by atoms with Crippen molar-refractivity contribution in [2.75, 3.05) is 19.6 Å². The summed E-state index contributed by atoms with van der Waals surface area (Å²) in [6.07, 6.45) is -2.39. The molecule has 0 heterocycles. The maximum absolute atomic E-state index is 12.4. The Morgan fingerprint density at radius 1 is 1.39 bits per heavy atom. The van der Waals surface area contributed by atoms with Gasteiger partial charge in [0.2, 0.25) is 5.91 Å². The van der Waals surface area contributed by atoms with Crippen LogP contribution in [-0.4, -0.2) is 48.2 Å². The highest BCUT2D eigenvalue weighted by atomic mass is 19.4. The highest BCUT2D eigenvalue weighted by molar-refractivity contribution is 5.84. The molecule has 0 aromatic carbocycles. The van der Waals surface area contributed by atoms with Crippen LogP contribution in [0.4, 0.5) is 13.2 Å². The largest absolute Gasteiger partial charge is 0.401 e. The van der Waals surface area contributed by atoms with E-state index in [0.717, 1.165) is 12.8 Å². The summed E-state index contributed by atoms with van der Waals surface area (Å²) in [6, 6.07) is 0.201. The molecule has 0 aromatic heterocycles. The van der Waals surface area contributed by atoms with Crippen molar-refractivity contribution in [3.63, 3.8) is 0 Å². The molecule has 1 amide bonds. The van der Waals surface area contributed by atoms with Gasteiger partial charge in [0.1, 0.15) is 5.54 Å². The first kappa shape index (κ1) is 15.2. The molecule has 0 aromatic rings. The SMILES string of the molecule is CCN(CC(F)(F)F)CC(C)(NC1CC1)C(N)=O. The van der Waals surface area contributed by atoms with E-state index in [-0.39, 0.29) is 19.1 Å². The molecule has 18 heavy (non-hydrogen) atoms. The number of hydrogen-bond acceptors (Lipinski definition) is 3. The first-order valence-electron chi connectivity index (χ1n) is 6.03. The molecule has 1 fully saturated rings. The number of amides is 1. The van der Waals surface area contributed by atoms with Crippen molar-refractivity contribution in [3.8, 4) is 0 Å². The molecular formula is C11H20F3N3O. The third-order valence-electron chi connectivity index (χ3n) is 3.03. The van der Waals surface area contributed by atoms with Crippen LogP contribution >= 0.6 is 0 Å². The number of nitrogens with one attached hydrogen (secondary N) is 1. The summed E-state index contributed by atoms with van der Waals surface area (Å²) in [5.74, 6) is -0.616. The van der Waals surface area contributed by atoms with Crippen LogP contribution in [0.2, 0.25) is 0 Å². The fraction of sp³-hybridized carbons (Fsp3) is 0.909. The Balaban J connectivity index is 2.64. The number of nitrogens with zero attached hydrogens (tertiary/aromatic N) is 1. The monoisotopic (exact) mass is 267 g/mol. The number of alkyl halides is 3. The summed E-state index contributed by atoms with van der Waals surface area (Å²) in [5.41, 5.74) is 4.20. The minimum atomic E-state index is -4.27. The molecule has 0 radical (unpaired) electrons. The van der Waals surface area contributed by atoms with Crippen molar-refractivity contribution in [2.45, 2.75) is 44.4 Å². The van der Waals surface area contributed by atoms with E-state index in [1.54, 1.807) is 13.8 Å². The highest BCUT2D eigenvalue weighted by Gasteiger charge is 2.40. The smallest absolute Gasteiger partial charge is 0.368 e. The van der Waals surface area contributed by atoms with Gasteiger partial charge in [-0.05, 0) is 26.3 Å². The Morgan fingerprint density at radius 2 is 1.94 bits per heavy atom. The van der Waals surface area contributed by atoms with Gasteiger partial charge in [-0.1, -0.05) is 6.92 Å². The number of primary amides is 1. The van der Waals surface area contributed by atoms with Crippen LogP contribution in [0.3, 0.4) is 0 Å². The van der Waals surface area contributed by atoms with Gasteiger partial charge in [0.15, 0.2) is 0 Å². The summed E-state index contributed by atoms with van der Waals surface area (Å²) >= 11 is 0. The van der Waals surface area contributed by atoms with Gasteiger partial charge in [0.25, 0.3) is 0 Å². The zero-order chi connectivity index (χ0) is 14.0. The lowest BCUT2D eigenvalue weighted by molar-refractivity contribution is -0.149. The van der Waals surface area contributed by atoms with Gasteiger partial charge < -0.3 is 5.73 Å². The number of carbonyl (C=O) groups excluding carboxylic acids is 1. The van der Waals surface area contributed by atoms with Crippen LogP contribution in [0.5, 0.6) is 0 Å². The molecule has 0 spiro atoms. The number of hydrogen-bond donors (Lipinski definition) is 2. The fourth-order valence-electron chi connectivity index (χ4n) is 1.85. The van der Waals surface area contributed by atoms with E-state index in [0.29, 0.717) is 0 Å². The molecule has 1 aliphatic rings. The minimum Gasteiger partial charge on any atom is -0.368 e. The Labute approximate surface area is 105 Å². The van der Waals surface area contributed by atoms with E-state index in [4.69, 9.17) is 5.73 Å². The lowest BCUT2D eigenvalue weighted by atomic mass is 10.0. The molecular weight excluding hydrogens is 247 g/mol. The Morgan fingerprint density at radius 3 is 2.28 bits per heavy atom. The quantitative estimate of drug-likeness (QED) is 0.719. The molecule has 1 atom stereocenters. The Kier molecular flexibility index (Phi) is 4.61. The third-order valence-corrected chi connectivity index (χ3v) is 3.03. The maximum atomic E-state index is 12.4. The van der Waals surface area contributed by atoms with E-state index < -0.39 is 24.2 Å². The van der Waals surface area contributed by atoms with Crippen LogP contribution in [0.25, 0.3) is 0 Å². The standard InChI is InChI=1S/C11H20F3N3O/c1-3-17(7-11(12,13)14)6-10(2,9(15)18)16-8-4-5-8/h8,16H,3-7H2,1-2H3,(H2,15,18). The molecule has 0 bridgehead atoms. The summed E-state index contributed by atoms with van der Waals surface area (Å²) in [6.45, 7) is 2.35. The van der Waals surface area contributed by atoms with Crippen molar-refractivity contribution in [1.82, 2.24) is 10.2 Å². The molecule has 106 valence electrons. The average molecular weight is 267 g/mol. The lowest BCUT2D eigenvalue weighted by Gasteiger charge is -2.34. The van der Waals surface area contributed by atoms with Crippen molar-refractivity contribution < 1.29 is 18.0 Å². The summed E-state index contributed by atoms with van der Waals surface area (Å²) < 4.78 is 37.1. The van der Waals surface area contributed by atoms with Crippen molar-refractivity contribution >= 4 is 5.91 Å². The van der Waals surface area contributed by atoms with E-state index in [1.807, 2.05) is 0 Å². The van der Waals surface area contributed by atoms with Gasteiger partial charge in [-0.25, -0.2) is 0 Å². The summed E-state index contributed by atoms with van der Waals surface area (Å²) in [7, 11) is 0. The normalized spacial score (nSPS) is 19.9. The topological polar surface area (TPSA) is 58.4 Å². The maximum Gasteiger partial charge on any atom is 0.401 e. The number of halogens is 3. The van der Waals surface area contributed by atoms with Gasteiger partial charge in [-0.15, -0.1) is 0 Å². The molecule has 3 N–H and O–H groups in total. The van der Waals surface area contributed by atoms with Crippen molar-refractivity contribution in [3.05, 3.63) is 0 Å². The molecule has 0 aliphatic heterocycles. The minimum absolute atomic E-state index is 0.0329. The second-order valence-electron chi connectivity index (χ2n) is 5.03. The molecule has 1 aliphatic carbocycles. The molecule has 1 saturated carbocycles. The van der Waals surface area contributed by atoms with Crippen LogP contribution in [-0.2, 0) is 4.79 Å².